The van der Waals surface area contributed by atoms with Crippen LogP contribution in [0.1, 0.15) is 52.4 Å². The van der Waals surface area contributed by atoms with Crippen molar-refractivity contribution in [2.75, 3.05) is 0 Å². The molecule has 0 aromatic heterocycles. The molecule has 0 spiro atoms. The molecule has 4 unspecified atom stereocenters. The Labute approximate surface area is 105 Å². The van der Waals surface area contributed by atoms with E-state index < -0.39 is 0 Å². The summed E-state index contributed by atoms with van der Waals surface area (Å²) < 4.78 is 0. The predicted octanol–water partition coefficient (Wildman–Crippen LogP) is 2.05. The number of amides is 1. The SMILES string of the molecule is CC1CC(C)CC(NC(=O)C2CCC(N)C2)C1. The normalized spacial score (nSPS) is 42.4. The van der Waals surface area contributed by atoms with E-state index >= 15 is 0 Å². The zero-order valence-electron chi connectivity index (χ0n) is 11.1. The topological polar surface area (TPSA) is 55.1 Å². The third kappa shape index (κ3) is 3.44. The van der Waals surface area contributed by atoms with Gasteiger partial charge in [0.1, 0.15) is 0 Å². The second-order valence-corrected chi connectivity index (χ2v) is 6.39. The van der Waals surface area contributed by atoms with Crippen LogP contribution in [0.2, 0.25) is 0 Å². The van der Waals surface area contributed by atoms with Gasteiger partial charge in [-0.2, -0.15) is 0 Å². The Morgan fingerprint density at radius 2 is 1.71 bits per heavy atom. The second-order valence-electron chi connectivity index (χ2n) is 6.39. The van der Waals surface area contributed by atoms with Crippen LogP contribution >= 0.6 is 0 Å². The van der Waals surface area contributed by atoms with Crippen LogP contribution < -0.4 is 11.1 Å². The Hall–Kier alpha value is -0.570. The quantitative estimate of drug-likeness (QED) is 0.773. The standard InChI is InChI=1S/C14H26N2O/c1-9-5-10(2)7-13(6-9)16-14(17)11-3-4-12(15)8-11/h9-13H,3-8,15H2,1-2H3,(H,16,17). The fourth-order valence-corrected chi connectivity index (χ4v) is 3.64. The summed E-state index contributed by atoms with van der Waals surface area (Å²) in [5.74, 6) is 1.92. The summed E-state index contributed by atoms with van der Waals surface area (Å²) >= 11 is 0. The number of carbonyl (C=O) groups excluding carboxylic acids is 1. The molecule has 0 bridgehead atoms. The number of rotatable bonds is 2. The molecule has 2 aliphatic rings. The molecule has 0 aromatic carbocycles. The van der Waals surface area contributed by atoms with Gasteiger partial charge in [0.25, 0.3) is 0 Å². The monoisotopic (exact) mass is 238 g/mol. The first-order valence-electron chi connectivity index (χ1n) is 7.10. The van der Waals surface area contributed by atoms with Crippen molar-refractivity contribution in [1.29, 1.82) is 0 Å². The summed E-state index contributed by atoms with van der Waals surface area (Å²) in [6.07, 6.45) is 6.47. The summed E-state index contributed by atoms with van der Waals surface area (Å²) in [6.45, 7) is 4.58. The van der Waals surface area contributed by atoms with E-state index in [4.69, 9.17) is 5.73 Å². The molecule has 17 heavy (non-hydrogen) atoms. The van der Waals surface area contributed by atoms with Crippen molar-refractivity contribution in [1.82, 2.24) is 5.32 Å². The molecule has 0 aromatic rings. The molecule has 98 valence electrons. The van der Waals surface area contributed by atoms with Gasteiger partial charge >= 0.3 is 0 Å². The summed E-state index contributed by atoms with van der Waals surface area (Å²) in [5.41, 5.74) is 5.86. The minimum atomic E-state index is 0.178. The van der Waals surface area contributed by atoms with Crippen LogP contribution in [-0.2, 0) is 4.79 Å². The third-order valence-electron chi connectivity index (χ3n) is 4.37. The minimum Gasteiger partial charge on any atom is -0.353 e. The Balaban J connectivity index is 1.81. The molecular weight excluding hydrogens is 212 g/mol. The van der Waals surface area contributed by atoms with Crippen molar-refractivity contribution in [3.8, 4) is 0 Å². The van der Waals surface area contributed by atoms with Crippen LogP contribution in [0.5, 0.6) is 0 Å². The van der Waals surface area contributed by atoms with Crippen molar-refractivity contribution < 1.29 is 4.79 Å². The van der Waals surface area contributed by atoms with Crippen molar-refractivity contribution >= 4 is 5.91 Å². The average Bonchev–Trinajstić information content (AvgIpc) is 2.63. The first-order chi connectivity index (χ1) is 8.04. The van der Waals surface area contributed by atoms with Crippen molar-refractivity contribution in [2.24, 2.45) is 23.5 Å². The molecular formula is C14H26N2O. The number of carbonyl (C=O) groups is 1. The number of hydrogen-bond acceptors (Lipinski definition) is 2. The molecule has 0 aliphatic heterocycles. The van der Waals surface area contributed by atoms with Crippen molar-refractivity contribution in [3.63, 3.8) is 0 Å². The lowest BCUT2D eigenvalue weighted by Gasteiger charge is -2.32. The van der Waals surface area contributed by atoms with Crippen LogP contribution in [0.4, 0.5) is 0 Å². The van der Waals surface area contributed by atoms with Gasteiger partial charge in [0.2, 0.25) is 5.91 Å². The number of nitrogens with two attached hydrogens (primary N) is 1. The van der Waals surface area contributed by atoms with E-state index in [0.717, 1.165) is 43.9 Å². The van der Waals surface area contributed by atoms with Gasteiger partial charge in [-0.3, -0.25) is 4.79 Å². The van der Waals surface area contributed by atoms with E-state index in [0.29, 0.717) is 6.04 Å². The summed E-state index contributed by atoms with van der Waals surface area (Å²) in [6, 6.07) is 0.646. The van der Waals surface area contributed by atoms with E-state index in [1.165, 1.54) is 6.42 Å². The largest absolute Gasteiger partial charge is 0.353 e. The molecule has 2 fully saturated rings. The van der Waals surface area contributed by atoms with Gasteiger partial charge in [0, 0.05) is 18.0 Å². The van der Waals surface area contributed by atoms with Crippen molar-refractivity contribution in [2.45, 2.75) is 64.5 Å². The predicted molar refractivity (Wildman–Crippen MR) is 69.4 cm³/mol. The van der Waals surface area contributed by atoms with Gasteiger partial charge in [-0.05, 0) is 50.4 Å². The molecule has 0 heterocycles. The highest BCUT2D eigenvalue weighted by molar-refractivity contribution is 5.79. The maximum atomic E-state index is 12.1. The van der Waals surface area contributed by atoms with E-state index in [1.807, 2.05) is 0 Å². The second kappa shape index (κ2) is 5.38. The molecule has 0 saturated heterocycles. The Morgan fingerprint density at radius 1 is 1.06 bits per heavy atom. The van der Waals surface area contributed by atoms with Gasteiger partial charge in [0.15, 0.2) is 0 Å². The molecule has 3 N–H and O–H groups in total. The molecule has 2 aliphatic carbocycles. The fraction of sp³-hybridized carbons (Fsp3) is 0.929. The van der Waals surface area contributed by atoms with Gasteiger partial charge < -0.3 is 11.1 Å². The highest BCUT2D eigenvalue weighted by atomic mass is 16.1. The fourth-order valence-electron chi connectivity index (χ4n) is 3.64. The third-order valence-corrected chi connectivity index (χ3v) is 4.37. The van der Waals surface area contributed by atoms with Crippen LogP contribution in [-0.4, -0.2) is 18.0 Å². The van der Waals surface area contributed by atoms with Crippen LogP contribution in [0.25, 0.3) is 0 Å². The van der Waals surface area contributed by atoms with E-state index in [2.05, 4.69) is 19.2 Å². The first kappa shape index (κ1) is 12.9. The number of hydrogen-bond donors (Lipinski definition) is 2. The maximum absolute atomic E-state index is 12.1. The lowest BCUT2D eigenvalue weighted by molar-refractivity contribution is -0.126. The molecule has 4 atom stereocenters. The Kier molecular flexibility index (Phi) is 4.08. The van der Waals surface area contributed by atoms with Gasteiger partial charge in [-0.15, -0.1) is 0 Å². The smallest absolute Gasteiger partial charge is 0.223 e. The van der Waals surface area contributed by atoms with Gasteiger partial charge in [-0.25, -0.2) is 0 Å². The van der Waals surface area contributed by atoms with Crippen molar-refractivity contribution in [3.05, 3.63) is 0 Å². The number of nitrogens with one attached hydrogen (secondary N) is 1. The lowest BCUT2D eigenvalue weighted by Crippen LogP contribution is -2.42. The Morgan fingerprint density at radius 3 is 2.24 bits per heavy atom. The van der Waals surface area contributed by atoms with Crippen LogP contribution in [0.15, 0.2) is 0 Å². The Bertz CT molecular complexity index is 269. The van der Waals surface area contributed by atoms with Crippen LogP contribution in [0, 0.1) is 17.8 Å². The van der Waals surface area contributed by atoms with Crippen LogP contribution in [0.3, 0.4) is 0 Å². The summed E-state index contributed by atoms with van der Waals surface area (Å²) in [7, 11) is 0. The zero-order chi connectivity index (χ0) is 12.4. The maximum Gasteiger partial charge on any atom is 0.223 e. The molecule has 3 heteroatoms. The molecule has 2 saturated carbocycles. The van der Waals surface area contributed by atoms with Gasteiger partial charge in [0.05, 0.1) is 0 Å². The first-order valence-corrected chi connectivity index (χ1v) is 7.10. The molecule has 3 nitrogen and oxygen atoms in total. The summed E-state index contributed by atoms with van der Waals surface area (Å²) in [5, 5.41) is 3.25. The highest BCUT2D eigenvalue weighted by Crippen LogP contribution is 2.30. The van der Waals surface area contributed by atoms with E-state index in [1.54, 1.807) is 0 Å². The van der Waals surface area contributed by atoms with Gasteiger partial charge in [-0.1, -0.05) is 13.8 Å². The molecule has 0 radical (unpaired) electrons. The summed E-state index contributed by atoms with van der Waals surface area (Å²) in [4.78, 5) is 12.1. The lowest BCUT2D eigenvalue weighted by atomic mass is 9.80. The molecule has 2 rings (SSSR count). The minimum absolute atomic E-state index is 0.178. The average molecular weight is 238 g/mol. The highest BCUT2D eigenvalue weighted by Gasteiger charge is 2.31. The zero-order valence-corrected chi connectivity index (χ0v) is 11.1. The van der Waals surface area contributed by atoms with E-state index in [9.17, 15) is 4.79 Å². The molecule has 1 amide bonds. The van der Waals surface area contributed by atoms with E-state index in [-0.39, 0.29) is 17.9 Å².